The zero-order chi connectivity index (χ0) is 15.3. The summed E-state index contributed by atoms with van der Waals surface area (Å²) in [5, 5.41) is 5.86. The average molecular weight is 300 g/mol. The number of hydrogen-bond acceptors (Lipinski definition) is 4. The molecule has 1 aromatic rings. The molecule has 1 aromatic carbocycles. The van der Waals surface area contributed by atoms with Crippen LogP contribution in [0.15, 0.2) is 24.3 Å². The molecule has 2 N–H and O–H groups in total. The van der Waals surface area contributed by atoms with E-state index < -0.39 is 12.2 Å². The molecular weight excluding hydrogens is 282 g/mol. The molecule has 5 nitrogen and oxygen atoms in total. The monoisotopic (exact) mass is 300 g/mol. The molecule has 1 saturated heterocycles. The quantitative estimate of drug-likeness (QED) is 0.873. The minimum atomic E-state index is -2.90. The summed E-state index contributed by atoms with van der Waals surface area (Å²) in [6, 6.07) is 5.91. The Morgan fingerprint density at radius 3 is 2.71 bits per heavy atom. The fourth-order valence-corrected chi connectivity index (χ4v) is 2.35. The molecule has 0 aliphatic carbocycles. The molecule has 0 atom stereocenters. The van der Waals surface area contributed by atoms with Crippen molar-refractivity contribution in [2.24, 2.45) is 0 Å². The number of rotatable bonds is 5. The minimum absolute atomic E-state index is 0.000391. The van der Waals surface area contributed by atoms with Gasteiger partial charge in [-0.1, -0.05) is 6.07 Å². The Bertz CT molecular complexity index is 491. The third-order valence-corrected chi connectivity index (χ3v) is 3.53. The van der Waals surface area contributed by atoms with Crippen molar-refractivity contribution in [2.75, 3.05) is 25.5 Å². The van der Waals surface area contributed by atoms with E-state index in [1.165, 1.54) is 25.3 Å². The SMILES string of the molecule is COC1(C(=O)Nc2cccc(OC(F)F)c2)CCNCC1. The molecule has 7 heteroatoms. The number of amides is 1. The van der Waals surface area contributed by atoms with Gasteiger partial charge in [-0.3, -0.25) is 4.79 Å². The van der Waals surface area contributed by atoms with Gasteiger partial charge in [0.25, 0.3) is 5.91 Å². The van der Waals surface area contributed by atoms with Gasteiger partial charge < -0.3 is 20.1 Å². The molecular formula is C14H18F2N2O3. The van der Waals surface area contributed by atoms with E-state index in [9.17, 15) is 13.6 Å². The van der Waals surface area contributed by atoms with Gasteiger partial charge in [-0.05, 0) is 38.1 Å². The number of piperidine rings is 1. The maximum atomic E-state index is 12.4. The van der Waals surface area contributed by atoms with Gasteiger partial charge in [-0.2, -0.15) is 8.78 Å². The fraction of sp³-hybridized carbons (Fsp3) is 0.500. The van der Waals surface area contributed by atoms with Crippen molar-refractivity contribution in [2.45, 2.75) is 25.1 Å². The first-order valence-electron chi connectivity index (χ1n) is 6.68. The van der Waals surface area contributed by atoms with Gasteiger partial charge in [0.15, 0.2) is 0 Å². The lowest BCUT2D eigenvalue weighted by Gasteiger charge is -2.34. The number of hydrogen-bond donors (Lipinski definition) is 2. The van der Waals surface area contributed by atoms with Crippen molar-refractivity contribution in [3.8, 4) is 5.75 Å². The van der Waals surface area contributed by atoms with Gasteiger partial charge in [-0.15, -0.1) is 0 Å². The summed E-state index contributed by atoms with van der Waals surface area (Å²) < 4.78 is 34.1. The number of halogens is 2. The van der Waals surface area contributed by atoms with Crippen LogP contribution in [0.2, 0.25) is 0 Å². The lowest BCUT2D eigenvalue weighted by Crippen LogP contribution is -2.51. The van der Waals surface area contributed by atoms with Crippen LogP contribution in [-0.2, 0) is 9.53 Å². The van der Waals surface area contributed by atoms with Crippen LogP contribution in [0.4, 0.5) is 14.5 Å². The maximum absolute atomic E-state index is 12.4. The lowest BCUT2D eigenvalue weighted by molar-refractivity contribution is -0.140. The summed E-state index contributed by atoms with van der Waals surface area (Å²) in [4.78, 5) is 12.4. The minimum Gasteiger partial charge on any atom is -0.435 e. The summed E-state index contributed by atoms with van der Waals surface area (Å²) in [6.45, 7) is -1.52. The number of nitrogens with one attached hydrogen (secondary N) is 2. The van der Waals surface area contributed by atoms with Crippen LogP contribution < -0.4 is 15.4 Å². The Balaban J connectivity index is 2.07. The number of anilines is 1. The molecule has 2 rings (SSSR count). The van der Waals surface area contributed by atoms with Crippen LogP contribution >= 0.6 is 0 Å². The molecule has 0 radical (unpaired) electrons. The fourth-order valence-electron chi connectivity index (χ4n) is 2.35. The van der Waals surface area contributed by atoms with Crippen molar-refractivity contribution in [1.82, 2.24) is 5.32 Å². The Kier molecular flexibility index (Phi) is 5.08. The summed E-state index contributed by atoms with van der Waals surface area (Å²) in [5.41, 5.74) is -0.488. The van der Waals surface area contributed by atoms with Gasteiger partial charge in [0.2, 0.25) is 0 Å². The van der Waals surface area contributed by atoms with E-state index in [0.717, 1.165) is 0 Å². The second kappa shape index (κ2) is 6.82. The first kappa shape index (κ1) is 15.7. The topological polar surface area (TPSA) is 59.6 Å². The highest BCUT2D eigenvalue weighted by molar-refractivity contribution is 5.97. The molecule has 1 aliphatic rings. The highest BCUT2D eigenvalue weighted by Crippen LogP contribution is 2.26. The average Bonchev–Trinajstić information content (AvgIpc) is 2.47. The summed E-state index contributed by atoms with van der Waals surface area (Å²) in [7, 11) is 1.50. The lowest BCUT2D eigenvalue weighted by atomic mass is 9.91. The second-order valence-electron chi connectivity index (χ2n) is 4.81. The van der Waals surface area contributed by atoms with Crippen molar-refractivity contribution in [3.63, 3.8) is 0 Å². The van der Waals surface area contributed by atoms with E-state index >= 15 is 0 Å². The molecule has 116 valence electrons. The smallest absolute Gasteiger partial charge is 0.387 e. The molecule has 0 unspecified atom stereocenters. The summed E-state index contributed by atoms with van der Waals surface area (Å²) >= 11 is 0. The summed E-state index contributed by atoms with van der Waals surface area (Å²) in [5.74, 6) is -0.278. The van der Waals surface area contributed by atoms with Gasteiger partial charge in [-0.25, -0.2) is 0 Å². The Morgan fingerprint density at radius 1 is 1.38 bits per heavy atom. The third kappa shape index (κ3) is 3.89. The zero-order valence-electron chi connectivity index (χ0n) is 11.7. The van der Waals surface area contributed by atoms with Crippen LogP contribution in [0, 0.1) is 0 Å². The molecule has 1 amide bonds. The standard InChI is InChI=1S/C14H18F2N2O3/c1-20-14(5-7-17-8-6-14)12(19)18-10-3-2-4-11(9-10)21-13(15)16/h2-4,9,13,17H,5-8H2,1H3,(H,18,19). The number of alkyl halides is 2. The van der Waals surface area contributed by atoms with Crippen molar-refractivity contribution >= 4 is 11.6 Å². The zero-order valence-corrected chi connectivity index (χ0v) is 11.7. The summed E-state index contributed by atoms with van der Waals surface area (Å²) in [6.07, 6.45) is 1.12. The molecule has 0 spiro atoms. The Morgan fingerprint density at radius 2 is 2.10 bits per heavy atom. The van der Waals surface area contributed by atoms with E-state index in [1.807, 2.05) is 0 Å². The van der Waals surface area contributed by atoms with E-state index in [-0.39, 0.29) is 11.7 Å². The Hall–Kier alpha value is -1.73. The van der Waals surface area contributed by atoms with E-state index in [2.05, 4.69) is 15.4 Å². The molecule has 0 bridgehead atoms. The van der Waals surface area contributed by atoms with Gasteiger partial charge in [0.1, 0.15) is 11.4 Å². The molecule has 21 heavy (non-hydrogen) atoms. The number of ether oxygens (including phenoxy) is 2. The Labute approximate surface area is 121 Å². The first-order chi connectivity index (χ1) is 10.1. The van der Waals surface area contributed by atoms with Crippen LogP contribution in [0.25, 0.3) is 0 Å². The van der Waals surface area contributed by atoms with Crippen molar-refractivity contribution in [1.29, 1.82) is 0 Å². The van der Waals surface area contributed by atoms with Crippen LogP contribution in [-0.4, -0.2) is 38.3 Å². The largest absolute Gasteiger partial charge is 0.435 e. The van der Waals surface area contributed by atoms with E-state index in [4.69, 9.17) is 4.74 Å². The van der Waals surface area contributed by atoms with Gasteiger partial charge >= 0.3 is 6.61 Å². The van der Waals surface area contributed by atoms with Crippen LogP contribution in [0.5, 0.6) is 5.75 Å². The molecule has 1 aliphatic heterocycles. The number of benzene rings is 1. The number of carbonyl (C=O) groups excluding carboxylic acids is 1. The number of carbonyl (C=O) groups is 1. The third-order valence-electron chi connectivity index (χ3n) is 3.53. The highest BCUT2D eigenvalue weighted by Gasteiger charge is 2.39. The second-order valence-corrected chi connectivity index (χ2v) is 4.81. The first-order valence-corrected chi connectivity index (χ1v) is 6.68. The van der Waals surface area contributed by atoms with Crippen molar-refractivity contribution < 1.29 is 23.0 Å². The van der Waals surface area contributed by atoms with Gasteiger partial charge in [0.05, 0.1) is 0 Å². The van der Waals surface area contributed by atoms with E-state index in [1.54, 1.807) is 6.07 Å². The number of methoxy groups -OCH3 is 1. The van der Waals surface area contributed by atoms with Crippen LogP contribution in [0.1, 0.15) is 12.8 Å². The highest BCUT2D eigenvalue weighted by atomic mass is 19.3. The van der Waals surface area contributed by atoms with Crippen molar-refractivity contribution in [3.05, 3.63) is 24.3 Å². The predicted molar refractivity (Wildman–Crippen MR) is 73.5 cm³/mol. The normalized spacial score (nSPS) is 17.5. The predicted octanol–water partition coefficient (Wildman–Crippen LogP) is 2.00. The van der Waals surface area contributed by atoms with E-state index in [0.29, 0.717) is 31.6 Å². The van der Waals surface area contributed by atoms with Gasteiger partial charge in [0, 0.05) is 18.9 Å². The molecule has 0 aromatic heterocycles. The molecule has 0 saturated carbocycles. The van der Waals surface area contributed by atoms with Crippen LogP contribution in [0.3, 0.4) is 0 Å². The molecule has 1 heterocycles. The molecule has 1 fully saturated rings. The maximum Gasteiger partial charge on any atom is 0.387 e.